The van der Waals surface area contributed by atoms with Crippen molar-refractivity contribution in [3.63, 3.8) is 0 Å². The van der Waals surface area contributed by atoms with Gasteiger partial charge in [0.1, 0.15) is 5.69 Å². The summed E-state index contributed by atoms with van der Waals surface area (Å²) in [7, 11) is 1.26. The monoisotopic (exact) mass is 279 g/mol. The third-order valence-corrected chi connectivity index (χ3v) is 2.68. The van der Waals surface area contributed by atoms with Gasteiger partial charge in [0.2, 0.25) is 6.41 Å². The van der Waals surface area contributed by atoms with Crippen LogP contribution in [0.15, 0.2) is 21.7 Å². The Morgan fingerprint density at radius 1 is 1.40 bits per heavy atom. The van der Waals surface area contributed by atoms with E-state index in [4.69, 9.17) is 0 Å². The van der Waals surface area contributed by atoms with Gasteiger partial charge in [0, 0.05) is 13.1 Å². The fourth-order valence-corrected chi connectivity index (χ4v) is 1.70. The fourth-order valence-electron chi connectivity index (χ4n) is 1.70. The number of aromatic amines is 1. The molecule has 0 bridgehead atoms. The van der Waals surface area contributed by atoms with E-state index in [-0.39, 0.29) is 16.6 Å². The van der Waals surface area contributed by atoms with Gasteiger partial charge in [-0.1, -0.05) is 0 Å². The standard InChI is InChI=1S/C10H9N5O5/c1-14-9(17)5-2-8(15(19)20)7(13-11-4-16)3-6(5)12-10(14)18/h2-4,13H,1H3,(H,11,16)(H,12,18). The van der Waals surface area contributed by atoms with Gasteiger partial charge in [0.15, 0.2) is 0 Å². The minimum atomic E-state index is -0.710. The molecule has 10 heteroatoms. The van der Waals surface area contributed by atoms with Gasteiger partial charge in [0.25, 0.3) is 11.2 Å². The lowest BCUT2D eigenvalue weighted by Gasteiger charge is -2.07. The number of benzene rings is 1. The average molecular weight is 279 g/mol. The molecule has 20 heavy (non-hydrogen) atoms. The molecule has 1 aromatic heterocycles. The van der Waals surface area contributed by atoms with Crippen LogP contribution in [0.3, 0.4) is 0 Å². The maximum Gasteiger partial charge on any atom is 0.328 e. The third-order valence-electron chi connectivity index (χ3n) is 2.68. The zero-order valence-electron chi connectivity index (χ0n) is 10.2. The third kappa shape index (κ3) is 2.09. The van der Waals surface area contributed by atoms with Crippen molar-refractivity contribution in [3.05, 3.63) is 43.1 Å². The van der Waals surface area contributed by atoms with Crippen molar-refractivity contribution in [2.24, 2.45) is 7.05 Å². The Balaban J connectivity index is 2.81. The molecule has 0 unspecified atom stereocenters. The number of nitro groups is 1. The summed E-state index contributed by atoms with van der Waals surface area (Å²) < 4.78 is 0.808. The van der Waals surface area contributed by atoms with E-state index < -0.39 is 21.9 Å². The van der Waals surface area contributed by atoms with E-state index >= 15 is 0 Å². The van der Waals surface area contributed by atoms with Crippen LogP contribution in [-0.2, 0) is 11.8 Å². The second kappa shape index (κ2) is 4.84. The van der Waals surface area contributed by atoms with Crippen LogP contribution in [0.25, 0.3) is 10.9 Å². The van der Waals surface area contributed by atoms with E-state index in [1.54, 1.807) is 0 Å². The van der Waals surface area contributed by atoms with E-state index in [9.17, 15) is 24.5 Å². The van der Waals surface area contributed by atoms with Gasteiger partial charge in [-0.25, -0.2) is 4.79 Å². The normalized spacial score (nSPS) is 10.2. The Morgan fingerprint density at radius 3 is 2.70 bits per heavy atom. The Labute approximate surface area is 110 Å². The number of H-pyrrole nitrogens is 1. The first-order chi connectivity index (χ1) is 9.45. The van der Waals surface area contributed by atoms with E-state index in [2.05, 4.69) is 15.8 Å². The van der Waals surface area contributed by atoms with Crippen LogP contribution in [0.1, 0.15) is 0 Å². The number of aromatic nitrogens is 2. The van der Waals surface area contributed by atoms with Crippen LogP contribution in [0, 0.1) is 10.1 Å². The van der Waals surface area contributed by atoms with E-state index in [0.717, 1.165) is 10.6 Å². The lowest BCUT2D eigenvalue weighted by Crippen LogP contribution is -2.32. The quantitative estimate of drug-likeness (QED) is 0.380. The highest BCUT2D eigenvalue weighted by molar-refractivity contribution is 5.86. The topological polar surface area (TPSA) is 139 Å². The van der Waals surface area contributed by atoms with Gasteiger partial charge in [-0.15, -0.1) is 0 Å². The molecule has 3 N–H and O–H groups in total. The van der Waals surface area contributed by atoms with Gasteiger partial charge >= 0.3 is 5.69 Å². The predicted octanol–water partition coefficient (Wildman–Crippen LogP) is -0.792. The lowest BCUT2D eigenvalue weighted by atomic mass is 10.2. The fraction of sp³-hybridized carbons (Fsp3) is 0.100. The molecule has 2 rings (SSSR count). The molecule has 0 radical (unpaired) electrons. The summed E-state index contributed by atoms with van der Waals surface area (Å²) in [6.07, 6.45) is 0.292. The van der Waals surface area contributed by atoms with Crippen LogP contribution in [0.2, 0.25) is 0 Å². The van der Waals surface area contributed by atoms with Crippen molar-refractivity contribution in [1.82, 2.24) is 15.0 Å². The number of fused-ring (bicyclic) bond motifs is 1. The SMILES string of the molecule is Cn1c(=O)[nH]c2cc(NNC=O)c([N+](=O)[O-])cc2c1=O. The first-order valence-corrected chi connectivity index (χ1v) is 5.32. The molecule has 0 aliphatic rings. The molecule has 1 amide bonds. The molecule has 0 saturated heterocycles. The Kier molecular flexibility index (Phi) is 3.21. The first kappa shape index (κ1) is 13.3. The largest absolute Gasteiger partial charge is 0.328 e. The summed E-state index contributed by atoms with van der Waals surface area (Å²) in [6, 6.07) is 2.23. The summed E-state index contributed by atoms with van der Waals surface area (Å²) in [5.74, 6) is 0. The minimum Gasteiger partial charge on any atom is -0.307 e. The number of hydrogen-bond donors (Lipinski definition) is 3. The summed E-state index contributed by atoms with van der Waals surface area (Å²) in [5.41, 5.74) is 2.72. The van der Waals surface area contributed by atoms with Gasteiger partial charge in [-0.3, -0.25) is 35.1 Å². The van der Waals surface area contributed by atoms with Crippen molar-refractivity contribution >= 4 is 28.7 Å². The highest BCUT2D eigenvalue weighted by atomic mass is 16.6. The number of nitrogens with zero attached hydrogens (tertiary/aromatic N) is 2. The Hall–Kier alpha value is -3.17. The van der Waals surface area contributed by atoms with Gasteiger partial charge in [-0.2, -0.15) is 0 Å². The number of nitro benzene ring substituents is 1. The lowest BCUT2D eigenvalue weighted by molar-refractivity contribution is -0.383. The zero-order valence-corrected chi connectivity index (χ0v) is 10.2. The first-order valence-electron chi connectivity index (χ1n) is 5.32. The second-order valence-electron chi connectivity index (χ2n) is 3.85. The maximum atomic E-state index is 11.9. The van der Waals surface area contributed by atoms with E-state index in [1.807, 2.05) is 0 Å². The summed E-state index contributed by atoms with van der Waals surface area (Å²) >= 11 is 0. The number of anilines is 1. The second-order valence-corrected chi connectivity index (χ2v) is 3.85. The van der Waals surface area contributed by atoms with Crippen molar-refractivity contribution in [3.8, 4) is 0 Å². The van der Waals surface area contributed by atoms with E-state index in [0.29, 0.717) is 6.41 Å². The number of carbonyl (C=O) groups excluding carboxylic acids is 1. The van der Waals surface area contributed by atoms with Crippen molar-refractivity contribution < 1.29 is 9.72 Å². The molecular weight excluding hydrogens is 270 g/mol. The van der Waals surface area contributed by atoms with Crippen LogP contribution in [0.5, 0.6) is 0 Å². The Bertz CT molecular complexity index is 821. The number of rotatable bonds is 4. The van der Waals surface area contributed by atoms with E-state index in [1.165, 1.54) is 13.1 Å². The molecule has 0 atom stereocenters. The highest BCUT2D eigenvalue weighted by Gasteiger charge is 2.17. The molecule has 104 valence electrons. The summed E-state index contributed by atoms with van der Waals surface area (Å²) in [6.45, 7) is 0. The molecule has 0 spiro atoms. The Morgan fingerprint density at radius 2 is 2.10 bits per heavy atom. The van der Waals surface area contributed by atoms with Gasteiger partial charge in [0.05, 0.1) is 15.8 Å². The molecule has 0 fully saturated rings. The van der Waals surface area contributed by atoms with Crippen molar-refractivity contribution in [2.75, 3.05) is 5.43 Å². The summed E-state index contributed by atoms with van der Waals surface area (Å²) in [4.78, 5) is 46.2. The minimum absolute atomic E-state index is 0.00421. The van der Waals surface area contributed by atoms with Gasteiger partial charge < -0.3 is 4.98 Å². The molecule has 0 aliphatic heterocycles. The van der Waals surface area contributed by atoms with Crippen LogP contribution < -0.4 is 22.1 Å². The number of carbonyl (C=O) groups is 1. The molecule has 10 nitrogen and oxygen atoms in total. The van der Waals surface area contributed by atoms with Crippen LogP contribution in [-0.4, -0.2) is 20.9 Å². The van der Waals surface area contributed by atoms with Gasteiger partial charge in [-0.05, 0) is 6.07 Å². The van der Waals surface area contributed by atoms with Crippen LogP contribution in [0.4, 0.5) is 11.4 Å². The molecular formula is C10H9N5O5. The number of hydrazine groups is 1. The predicted molar refractivity (Wildman–Crippen MR) is 69.3 cm³/mol. The highest BCUT2D eigenvalue weighted by Crippen LogP contribution is 2.26. The number of hydrogen-bond acceptors (Lipinski definition) is 6. The molecule has 0 saturated carbocycles. The smallest absolute Gasteiger partial charge is 0.307 e. The molecule has 1 heterocycles. The molecule has 2 aromatic rings. The molecule has 1 aromatic carbocycles. The van der Waals surface area contributed by atoms with Crippen molar-refractivity contribution in [2.45, 2.75) is 0 Å². The van der Waals surface area contributed by atoms with Crippen molar-refractivity contribution in [1.29, 1.82) is 0 Å². The number of nitrogens with one attached hydrogen (secondary N) is 3. The zero-order chi connectivity index (χ0) is 14.9. The number of amides is 1. The van der Waals surface area contributed by atoms with Crippen LogP contribution >= 0.6 is 0 Å². The molecule has 0 aliphatic carbocycles. The average Bonchev–Trinajstić information content (AvgIpc) is 2.41. The maximum absolute atomic E-state index is 11.9. The summed E-state index contributed by atoms with van der Waals surface area (Å²) in [5, 5.41) is 11.0.